The molecule has 35 heavy (non-hydrogen) atoms. The van der Waals surface area contributed by atoms with Crippen LogP contribution in [0, 0.1) is 0 Å². The Morgan fingerprint density at radius 1 is 0.971 bits per heavy atom. The standard InChI is InChI=1S/C28H25ClN2O4/c1-4-25-24-17-22(35-21-13-9-12-20(29)16-21)14-15-23(24)27(34-18-19-10-7-6-8-11-19)26(28(32)33-3)31(25)30-5-2/h4-17H,18H2,1-3H3/b25-4+,30-5-. The first kappa shape index (κ1) is 24.1. The highest BCUT2D eigenvalue weighted by molar-refractivity contribution is 6.30. The van der Waals surface area contributed by atoms with Gasteiger partial charge in [0.05, 0.1) is 12.8 Å². The summed E-state index contributed by atoms with van der Waals surface area (Å²) < 4.78 is 17.4. The highest BCUT2D eigenvalue weighted by atomic mass is 35.5. The molecule has 0 aromatic heterocycles. The number of carbonyl (C=O) groups excluding carboxylic acids is 1. The van der Waals surface area contributed by atoms with Crippen LogP contribution in [-0.4, -0.2) is 24.3 Å². The molecular formula is C28H25ClN2O4. The monoisotopic (exact) mass is 488 g/mol. The topological polar surface area (TPSA) is 60.4 Å². The van der Waals surface area contributed by atoms with E-state index in [2.05, 4.69) is 5.10 Å². The third-order valence-electron chi connectivity index (χ3n) is 5.31. The zero-order chi connectivity index (χ0) is 24.8. The molecule has 0 unspecified atom stereocenters. The fraction of sp³-hybridized carbons (Fsp3) is 0.143. The highest BCUT2D eigenvalue weighted by Gasteiger charge is 2.35. The van der Waals surface area contributed by atoms with E-state index in [1.54, 1.807) is 25.3 Å². The van der Waals surface area contributed by atoms with Crippen LogP contribution >= 0.6 is 11.6 Å². The van der Waals surface area contributed by atoms with Gasteiger partial charge in [-0.1, -0.05) is 54.1 Å². The second-order valence-corrected chi connectivity index (χ2v) is 8.01. The van der Waals surface area contributed by atoms with Gasteiger partial charge in [-0.15, -0.1) is 0 Å². The van der Waals surface area contributed by atoms with E-state index >= 15 is 0 Å². The van der Waals surface area contributed by atoms with Gasteiger partial charge in [0.1, 0.15) is 18.1 Å². The maximum Gasteiger partial charge on any atom is 0.360 e. The SMILES string of the molecule is C/C=N\N1C(C(=O)OC)=C(OCc2ccccc2)c2ccc(Oc3cccc(Cl)c3)cc2/C1=C\C. The van der Waals surface area contributed by atoms with Crippen molar-refractivity contribution in [3.63, 3.8) is 0 Å². The van der Waals surface area contributed by atoms with Crippen LogP contribution in [0.5, 0.6) is 11.5 Å². The van der Waals surface area contributed by atoms with Crippen molar-refractivity contribution in [3.05, 3.63) is 106 Å². The van der Waals surface area contributed by atoms with Crippen LogP contribution in [0.1, 0.15) is 30.5 Å². The number of esters is 1. The van der Waals surface area contributed by atoms with Gasteiger partial charge in [-0.3, -0.25) is 0 Å². The van der Waals surface area contributed by atoms with Crippen LogP contribution in [0.25, 0.3) is 11.5 Å². The molecule has 0 saturated heterocycles. The molecule has 0 saturated carbocycles. The number of hydrazone groups is 1. The first-order valence-corrected chi connectivity index (χ1v) is 11.5. The lowest BCUT2D eigenvalue weighted by Gasteiger charge is -2.32. The third-order valence-corrected chi connectivity index (χ3v) is 5.54. The second kappa shape index (κ2) is 10.9. The zero-order valence-corrected chi connectivity index (χ0v) is 20.5. The van der Waals surface area contributed by atoms with Gasteiger partial charge in [-0.05, 0) is 55.8 Å². The van der Waals surface area contributed by atoms with Crippen molar-refractivity contribution in [2.45, 2.75) is 20.5 Å². The molecule has 7 heteroatoms. The lowest BCUT2D eigenvalue weighted by atomic mass is 9.96. The van der Waals surface area contributed by atoms with Gasteiger partial charge in [-0.2, -0.15) is 5.10 Å². The smallest absolute Gasteiger partial charge is 0.360 e. The largest absolute Gasteiger partial charge is 0.486 e. The first-order chi connectivity index (χ1) is 17.0. The number of carbonyl (C=O) groups is 1. The number of rotatable bonds is 7. The highest BCUT2D eigenvalue weighted by Crippen LogP contribution is 2.42. The maximum absolute atomic E-state index is 12.9. The average molecular weight is 489 g/mol. The van der Waals surface area contributed by atoms with Gasteiger partial charge in [0.25, 0.3) is 0 Å². The number of hydrogen-bond donors (Lipinski definition) is 0. The predicted octanol–water partition coefficient (Wildman–Crippen LogP) is 6.87. The van der Waals surface area contributed by atoms with Crippen molar-refractivity contribution in [2.24, 2.45) is 5.10 Å². The summed E-state index contributed by atoms with van der Waals surface area (Å²) in [6.45, 7) is 3.93. The molecule has 178 valence electrons. The van der Waals surface area contributed by atoms with Crippen LogP contribution in [0.3, 0.4) is 0 Å². The minimum atomic E-state index is -0.553. The summed E-state index contributed by atoms with van der Waals surface area (Å²) in [6, 6.07) is 22.5. The van der Waals surface area contributed by atoms with Crippen LogP contribution in [0.15, 0.2) is 89.7 Å². The summed E-state index contributed by atoms with van der Waals surface area (Å²) in [4.78, 5) is 12.9. The van der Waals surface area contributed by atoms with Crippen LogP contribution in [0.4, 0.5) is 0 Å². The number of fused-ring (bicyclic) bond motifs is 1. The van der Waals surface area contributed by atoms with Crippen molar-refractivity contribution in [3.8, 4) is 11.5 Å². The number of benzene rings is 3. The van der Waals surface area contributed by atoms with Crippen molar-refractivity contribution < 1.29 is 19.0 Å². The number of allylic oxidation sites excluding steroid dienone is 1. The molecule has 3 aromatic rings. The lowest BCUT2D eigenvalue weighted by molar-refractivity contribution is -0.137. The molecule has 0 amide bonds. The van der Waals surface area contributed by atoms with Crippen molar-refractivity contribution in [1.82, 2.24) is 5.01 Å². The van der Waals surface area contributed by atoms with E-state index < -0.39 is 5.97 Å². The Balaban J connectivity index is 1.83. The number of halogens is 1. The Bertz CT molecular complexity index is 1320. The van der Waals surface area contributed by atoms with E-state index in [9.17, 15) is 4.79 Å². The summed E-state index contributed by atoms with van der Waals surface area (Å²) in [5, 5.41) is 6.58. The van der Waals surface area contributed by atoms with Gasteiger partial charge >= 0.3 is 5.97 Å². The average Bonchev–Trinajstić information content (AvgIpc) is 2.87. The molecule has 0 spiro atoms. The molecule has 4 rings (SSSR count). The third kappa shape index (κ3) is 5.23. The first-order valence-electron chi connectivity index (χ1n) is 11.1. The van der Waals surface area contributed by atoms with Gasteiger partial charge in [-0.25, -0.2) is 9.80 Å². The number of nitrogens with zero attached hydrogens (tertiary/aromatic N) is 2. The molecule has 1 aliphatic rings. The van der Waals surface area contributed by atoms with E-state index in [1.807, 2.05) is 73.7 Å². The van der Waals surface area contributed by atoms with Crippen molar-refractivity contribution in [1.29, 1.82) is 0 Å². The molecule has 0 aliphatic carbocycles. The summed E-state index contributed by atoms with van der Waals surface area (Å²) in [6.07, 6.45) is 3.49. The molecule has 0 N–H and O–H groups in total. The van der Waals surface area contributed by atoms with Gasteiger partial charge in [0.2, 0.25) is 0 Å². The number of hydrogen-bond acceptors (Lipinski definition) is 6. The summed E-state index contributed by atoms with van der Waals surface area (Å²) >= 11 is 6.11. The van der Waals surface area contributed by atoms with Gasteiger partial charge in [0.15, 0.2) is 11.5 Å². The fourth-order valence-corrected chi connectivity index (χ4v) is 3.97. The fourth-order valence-electron chi connectivity index (χ4n) is 3.79. The van der Waals surface area contributed by atoms with Crippen LogP contribution < -0.4 is 4.74 Å². The van der Waals surface area contributed by atoms with E-state index in [-0.39, 0.29) is 12.3 Å². The lowest BCUT2D eigenvalue weighted by Crippen LogP contribution is -2.29. The quantitative estimate of drug-likeness (QED) is 0.268. The molecule has 0 fully saturated rings. The molecule has 0 bridgehead atoms. The van der Waals surface area contributed by atoms with Crippen LogP contribution in [0.2, 0.25) is 5.02 Å². The molecule has 1 aliphatic heterocycles. The minimum absolute atomic E-state index is 0.200. The Labute approximate surface area is 209 Å². The molecule has 0 radical (unpaired) electrons. The van der Waals surface area contributed by atoms with Crippen molar-refractivity contribution in [2.75, 3.05) is 7.11 Å². The van der Waals surface area contributed by atoms with Crippen molar-refractivity contribution >= 4 is 35.2 Å². The number of ether oxygens (including phenoxy) is 3. The van der Waals surface area contributed by atoms with E-state index in [1.165, 1.54) is 12.1 Å². The van der Waals surface area contributed by atoms with E-state index in [0.29, 0.717) is 28.0 Å². The van der Waals surface area contributed by atoms with Gasteiger partial charge < -0.3 is 14.2 Å². The van der Waals surface area contributed by atoms with Gasteiger partial charge in [0, 0.05) is 22.4 Å². The zero-order valence-electron chi connectivity index (χ0n) is 19.7. The molecule has 6 nitrogen and oxygen atoms in total. The van der Waals surface area contributed by atoms with Crippen LogP contribution in [-0.2, 0) is 20.9 Å². The summed E-state index contributed by atoms with van der Waals surface area (Å²) in [7, 11) is 1.34. The molecule has 0 atom stereocenters. The minimum Gasteiger partial charge on any atom is -0.486 e. The second-order valence-electron chi connectivity index (χ2n) is 7.57. The molecule has 1 heterocycles. The summed E-state index contributed by atoms with van der Waals surface area (Å²) in [5.41, 5.74) is 3.39. The predicted molar refractivity (Wildman–Crippen MR) is 138 cm³/mol. The Kier molecular flexibility index (Phi) is 7.53. The summed E-state index contributed by atoms with van der Waals surface area (Å²) in [5.74, 6) is 1.05. The molecule has 3 aromatic carbocycles. The maximum atomic E-state index is 12.9. The Morgan fingerprint density at radius 3 is 2.43 bits per heavy atom. The Hall–Kier alpha value is -4.03. The normalized spacial score (nSPS) is 14.3. The number of methoxy groups -OCH3 is 1. The Morgan fingerprint density at radius 2 is 1.74 bits per heavy atom. The van der Waals surface area contributed by atoms with E-state index in [4.69, 9.17) is 25.8 Å². The molecular weight excluding hydrogens is 464 g/mol. The van der Waals surface area contributed by atoms with E-state index in [0.717, 1.165) is 16.7 Å².